The first-order chi connectivity index (χ1) is 17.2. The number of ether oxygens (including phenoxy) is 2. The van der Waals surface area contributed by atoms with Crippen LogP contribution in [0.4, 0.5) is 0 Å². The first-order valence-electron chi connectivity index (χ1n) is 12.5. The van der Waals surface area contributed by atoms with Gasteiger partial charge in [-0.3, -0.25) is 4.90 Å². The van der Waals surface area contributed by atoms with E-state index in [4.69, 9.17) is 14.5 Å². The number of unbranched alkanes of at least 4 members (excludes halogenated alkanes) is 1. The molecule has 0 radical (unpaired) electrons. The average Bonchev–Trinajstić information content (AvgIpc) is 3.50. The van der Waals surface area contributed by atoms with Crippen molar-refractivity contribution in [3.8, 4) is 22.9 Å². The van der Waals surface area contributed by atoms with Gasteiger partial charge in [0.05, 0.1) is 11.9 Å². The molecule has 4 aromatic rings. The summed E-state index contributed by atoms with van der Waals surface area (Å²) < 4.78 is 13.6. The number of nitrogens with zero attached hydrogens (tertiary/aromatic N) is 3. The summed E-state index contributed by atoms with van der Waals surface area (Å²) in [7, 11) is 0. The van der Waals surface area contributed by atoms with Crippen molar-refractivity contribution in [3.63, 3.8) is 0 Å². The van der Waals surface area contributed by atoms with Gasteiger partial charge in [0.1, 0.15) is 5.82 Å². The molecule has 0 atom stereocenters. The molecule has 5 nitrogen and oxygen atoms in total. The number of aromatic nitrogens is 2. The molecule has 0 N–H and O–H groups in total. The van der Waals surface area contributed by atoms with Crippen LogP contribution in [0.25, 0.3) is 11.4 Å². The van der Waals surface area contributed by atoms with Gasteiger partial charge in [-0.25, -0.2) is 4.98 Å². The molecule has 35 heavy (non-hydrogen) atoms. The third-order valence-electron chi connectivity index (χ3n) is 6.42. The highest BCUT2D eigenvalue weighted by molar-refractivity contribution is 5.56. The maximum Gasteiger partial charge on any atom is 0.231 e. The molecule has 3 aromatic carbocycles. The second kappa shape index (κ2) is 10.8. The summed E-state index contributed by atoms with van der Waals surface area (Å²) in [6.07, 6.45) is 4.33. The molecule has 0 amide bonds. The van der Waals surface area contributed by atoms with Gasteiger partial charge in [0, 0.05) is 31.7 Å². The summed E-state index contributed by atoms with van der Waals surface area (Å²) in [6, 6.07) is 25.5. The third kappa shape index (κ3) is 5.57. The molecule has 1 aliphatic rings. The van der Waals surface area contributed by atoms with Crippen molar-refractivity contribution in [1.82, 2.24) is 14.5 Å². The lowest BCUT2D eigenvalue weighted by Crippen LogP contribution is -2.24. The maximum absolute atomic E-state index is 5.63. The van der Waals surface area contributed by atoms with Crippen LogP contribution in [0.15, 0.2) is 79.0 Å². The summed E-state index contributed by atoms with van der Waals surface area (Å²) in [6.45, 7) is 8.13. The van der Waals surface area contributed by atoms with Crippen LogP contribution in [0, 0.1) is 6.92 Å². The SMILES string of the molecule is CCCCn1c(CN(Cc2cccc(C)c2)Cc2ccc3c(c2)OCO3)cnc1-c1ccccc1. The Morgan fingerprint density at radius 2 is 1.66 bits per heavy atom. The fourth-order valence-corrected chi connectivity index (χ4v) is 4.68. The van der Waals surface area contributed by atoms with Crippen LogP contribution < -0.4 is 9.47 Å². The van der Waals surface area contributed by atoms with Gasteiger partial charge >= 0.3 is 0 Å². The third-order valence-corrected chi connectivity index (χ3v) is 6.42. The van der Waals surface area contributed by atoms with Crippen LogP contribution in [-0.4, -0.2) is 21.2 Å². The molecule has 1 aromatic heterocycles. The van der Waals surface area contributed by atoms with Crippen LogP contribution in [0.5, 0.6) is 11.5 Å². The largest absolute Gasteiger partial charge is 0.454 e. The molecular formula is C30H33N3O2. The molecule has 0 unspecified atom stereocenters. The number of hydrogen-bond acceptors (Lipinski definition) is 4. The van der Waals surface area contributed by atoms with E-state index >= 15 is 0 Å². The Morgan fingerprint density at radius 3 is 2.46 bits per heavy atom. The zero-order chi connectivity index (χ0) is 24.0. The molecule has 0 bridgehead atoms. The Bertz CT molecular complexity index is 1270. The fraction of sp³-hybridized carbons (Fsp3) is 0.300. The van der Waals surface area contributed by atoms with Crippen molar-refractivity contribution >= 4 is 0 Å². The molecule has 0 spiro atoms. The Morgan fingerprint density at radius 1 is 0.857 bits per heavy atom. The monoisotopic (exact) mass is 467 g/mol. The second-order valence-electron chi connectivity index (χ2n) is 9.27. The Kier molecular flexibility index (Phi) is 7.15. The van der Waals surface area contributed by atoms with E-state index in [0.717, 1.165) is 61.9 Å². The van der Waals surface area contributed by atoms with Gasteiger partial charge in [0.25, 0.3) is 0 Å². The summed E-state index contributed by atoms with van der Waals surface area (Å²) >= 11 is 0. The lowest BCUT2D eigenvalue weighted by atomic mass is 10.1. The van der Waals surface area contributed by atoms with Crippen LogP contribution in [0.3, 0.4) is 0 Å². The summed E-state index contributed by atoms with van der Waals surface area (Å²) in [5, 5.41) is 0. The van der Waals surface area contributed by atoms with E-state index in [2.05, 4.69) is 96.2 Å². The zero-order valence-corrected chi connectivity index (χ0v) is 20.6. The lowest BCUT2D eigenvalue weighted by molar-refractivity contribution is 0.174. The quantitative estimate of drug-likeness (QED) is 0.264. The van der Waals surface area contributed by atoms with Crippen LogP contribution in [-0.2, 0) is 26.2 Å². The minimum atomic E-state index is 0.296. The minimum absolute atomic E-state index is 0.296. The van der Waals surface area contributed by atoms with Crippen molar-refractivity contribution in [1.29, 1.82) is 0 Å². The Hall–Kier alpha value is -3.57. The van der Waals surface area contributed by atoms with Crippen molar-refractivity contribution in [2.75, 3.05) is 6.79 Å². The normalized spacial score (nSPS) is 12.4. The molecule has 5 rings (SSSR count). The number of hydrogen-bond donors (Lipinski definition) is 0. The van der Waals surface area contributed by atoms with E-state index < -0.39 is 0 Å². The van der Waals surface area contributed by atoms with Gasteiger partial charge in [-0.05, 0) is 36.6 Å². The van der Waals surface area contributed by atoms with Crippen LogP contribution in [0.1, 0.15) is 42.1 Å². The van der Waals surface area contributed by atoms with E-state index in [0.29, 0.717) is 6.79 Å². The number of fused-ring (bicyclic) bond motifs is 1. The molecule has 180 valence electrons. The van der Waals surface area contributed by atoms with Crippen LogP contribution >= 0.6 is 0 Å². The van der Waals surface area contributed by atoms with Gasteiger partial charge < -0.3 is 14.0 Å². The standard InChI is InChI=1S/C30H33N3O2/c1-3-4-15-33-27(18-31-30(33)26-11-6-5-7-12-26)21-32(19-24-10-8-9-23(2)16-24)20-25-13-14-28-29(17-25)35-22-34-28/h5-14,16-18H,3-4,15,19-22H2,1-2H3. The summed E-state index contributed by atoms with van der Waals surface area (Å²) in [5.41, 5.74) is 6.21. The first kappa shape index (κ1) is 23.2. The zero-order valence-electron chi connectivity index (χ0n) is 20.6. The van der Waals surface area contributed by atoms with Crippen molar-refractivity contribution in [2.45, 2.75) is 52.9 Å². The molecule has 2 heterocycles. The van der Waals surface area contributed by atoms with Crippen molar-refractivity contribution in [3.05, 3.63) is 101 Å². The highest BCUT2D eigenvalue weighted by atomic mass is 16.7. The fourth-order valence-electron chi connectivity index (χ4n) is 4.68. The molecule has 0 aliphatic carbocycles. The predicted molar refractivity (Wildman–Crippen MR) is 139 cm³/mol. The van der Waals surface area contributed by atoms with Gasteiger partial charge in [-0.15, -0.1) is 0 Å². The molecule has 0 fully saturated rings. The van der Waals surface area contributed by atoms with Crippen LogP contribution in [0.2, 0.25) is 0 Å². The van der Waals surface area contributed by atoms with E-state index in [-0.39, 0.29) is 0 Å². The molecule has 5 heteroatoms. The Labute approximate surface area is 208 Å². The first-order valence-corrected chi connectivity index (χ1v) is 12.5. The number of aryl methyl sites for hydroxylation is 1. The number of imidazole rings is 1. The topological polar surface area (TPSA) is 39.5 Å². The van der Waals surface area contributed by atoms with E-state index in [1.807, 2.05) is 6.07 Å². The predicted octanol–water partition coefficient (Wildman–Crippen LogP) is 6.59. The Balaban J connectivity index is 1.45. The van der Waals surface area contributed by atoms with Crippen molar-refractivity contribution < 1.29 is 9.47 Å². The highest BCUT2D eigenvalue weighted by Crippen LogP contribution is 2.33. The van der Waals surface area contributed by atoms with Gasteiger partial charge in [-0.2, -0.15) is 0 Å². The van der Waals surface area contributed by atoms with Crippen molar-refractivity contribution in [2.24, 2.45) is 0 Å². The molecular weight excluding hydrogens is 434 g/mol. The van der Waals surface area contributed by atoms with Gasteiger partial charge in [-0.1, -0.05) is 79.6 Å². The van der Waals surface area contributed by atoms with E-state index in [1.54, 1.807) is 0 Å². The number of benzene rings is 3. The number of rotatable bonds is 10. The molecule has 1 aliphatic heterocycles. The smallest absolute Gasteiger partial charge is 0.231 e. The lowest BCUT2D eigenvalue weighted by Gasteiger charge is -2.24. The summed E-state index contributed by atoms with van der Waals surface area (Å²) in [4.78, 5) is 7.35. The molecule has 0 saturated heterocycles. The van der Waals surface area contributed by atoms with E-state index in [1.165, 1.54) is 22.4 Å². The van der Waals surface area contributed by atoms with Gasteiger partial charge in [0.2, 0.25) is 6.79 Å². The van der Waals surface area contributed by atoms with Gasteiger partial charge in [0.15, 0.2) is 11.5 Å². The average molecular weight is 468 g/mol. The highest BCUT2D eigenvalue weighted by Gasteiger charge is 2.18. The maximum atomic E-state index is 5.63. The second-order valence-corrected chi connectivity index (χ2v) is 9.27. The summed E-state index contributed by atoms with van der Waals surface area (Å²) in [5.74, 6) is 2.70. The minimum Gasteiger partial charge on any atom is -0.454 e. The molecule has 0 saturated carbocycles. The van der Waals surface area contributed by atoms with E-state index in [9.17, 15) is 0 Å².